The van der Waals surface area contributed by atoms with Crippen molar-refractivity contribution >= 4 is 31.4 Å². The number of aryl methyl sites for hydroxylation is 2. The first kappa shape index (κ1) is 23.8. The number of benzene rings is 2. The molecule has 0 unspecified atom stereocenters. The Bertz CT molecular complexity index is 1290. The second kappa shape index (κ2) is 8.93. The first-order chi connectivity index (χ1) is 14.9. The zero-order valence-electron chi connectivity index (χ0n) is 18.6. The van der Waals surface area contributed by atoms with Crippen LogP contribution in [0.1, 0.15) is 11.3 Å². The van der Waals surface area contributed by atoms with Crippen LogP contribution < -0.4 is 9.62 Å². The summed E-state index contributed by atoms with van der Waals surface area (Å²) < 4.78 is 55.9. The van der Waals surface area contributed by atoms with Crippen molar-refractivity contribution in [1.82, 2.24) is 14.1 Å². The van der Waals surface area contributed by atoms with Gasteiger partial charge in [0, 0.05) is 28.2 Å². The van der Waals surface area contributed by atoms with Crippen molar-refractivity contribution in [3.63, 3.8) is 0 Å². The molecule has 9 nitrogen and oxygen atoms in total. The van der Waals surface area contributed by atoms with Gasteiger partial charge in [0.2, 0.25) is 10.0 Å². The summed E-state index contributed by atoms with van der Waals surface area (Å²) in [6.45, 7) is 2.52. The van der Waals surface area contributed by atoms with E-state index in [1.54, 1.807) is 23.0 Å². The van der Waals surface area contributed by atoms with E-state index in [-0.39, 0.29) is 9.79 Å². The van der Waals surface area contributed by atoms with E-state index in [9.17, 15) is 16.8 Å². The van der Waals surface area contributed by atoms with Gasteiger partial charge < -0.3 is 4.90 Å². The summed E-state index contributed by atoms with van der Waals surface area (Å²) in [4.78, 5) is 1.93. The largest absolute Gasteiger partial charge is 0.367 e. The standard InChI is InChI=1S/C21H27N5O4S2/c1-16-14-22-26(5)21(16)15-25(4)20-9-7-6-8-19(20)23-31(27,28)17-10-12-18(13-11-17)32(29,30)24(2)3/h6-14,23H,15H2,1-5H3. The van der Waals surface area contributed by atoms with Crippen LogP contribution >= 0.6 is 0 Å². The van der Waals surface area contributed by atoms with E-state index in [4.69, 9.17) is 0 Å². The second-order valence-corrected chi connectivity index (χ2v) is 11.5. The summed E-state index contributed by atoms with van der Waals surface area (Å²) in [7, 11) is -0.998. The van der Waals surface area contributed by atoms with Gasteiger partial charge in [0.25, 0.3) is 10.0 Å². The Labute approximate surface area is 189 Å². The molecule has 0 saturated carbocycles. The van der Waals surface area contributed by atoms with Crippen LogP contribution in [-0.4, -0.2) is 52.1 Å². The molecule has 0 saturated heterocycles. The van der Waals surface area contributed by atoms with Gasteiger partial charge in [-0.05, 0) is 48.9 Å². The quantitative estimate of drug-likeness (QED) is 0.534. The van der Waals surface area contributed by atoms with Gasteiger partial charge in [0.05, 0.1) is 39.6 Å². The van der Waals surface area contributed by atoms with Crippen LogP contribution in [0.25, 0.3) is 0 Å². The average Bonchev–Trinajstić information content (AvgIpc) is 3.05. The van der Waals surface area contributed by atoms with E-state index < -0.39 is 20.0 Å². The molecule has 11 heteroatoms. The van der Waals surface area contributed by atoms with E-state index in [0.717, 1.165) is 15.6 Å². The molecule has 32 heavy (non-hydrogen) atoms. The maximum Gasteiger partial charge on any atom is 0.261 e. The van der Waals surface area contributed by atoms with Gasteiger partial charge in [-0.1, -0.05) is 12.1 Å². The van der Waals surface area contributed by atoms with Crippen LogP contribution in [0.2, 0.25) is 0 Å². The molecule has 3 rings (SSSR count). The van der Waals surface area contributed by atoms with Crippen molar-refractivity contribution in [2.45, 2.75) is 23.3 Å². The highest BCUT2D eigenvalue weighted by atomic mass is 32.2. The van der Waals surface area contributed by atoms with Crippen molar-refractivity contribution in [3.05, 3.63) is 66.0 Å². The summed E-state index contributed by atoms with van der Waals surface area (Å²) >= 11 is 0. The maximum atomic E-state index is 13.0. The molecule has 0 radical (unpaired) electrons. The Morgan fingerprint density at radius 1 is 0.938 bits per heavy atom. The number of anilines is 2. The van der Waals surface area contributed by atoms with Crippen LogP contribution in [0.5, 0.6) is 0 Å². The first-order valence-electron chi connectivity index (χ1n) is 9.76. The number of nitrogens with one attached hydrogen (secondary N) is 1. The summed E-state index contributed by atoms with van der Waals surface area (Å²) in [5.74, 6) is 0. The van der Waals surface area contributed by atoms with Crippen LogP contribution in [-0.2, 0) is 33.6 Å². The number of rotatable bonds is 8. The lowest BCUT2D eigenvalue weighted by molar-refractivity contribution is 0.520. The fourth-order valence-electron chi connectivity index (χ4n) is 3.21. The number of hydrogen-bond acceptors (Lipinski definition) is 6. The molecule has 0 bridgehead atoms. The van der Waals surface area contributed by atoms with Gasteiger partial charge >= 0.3 is 0 Å². The molecule has 0 atom stereocenters. The molecule has 2 aromatic carbocycles. The molecule has 0 aliphatic heterocycles. The molecule has 0 spiro atoms. The molecule has 0 aliphatic rings. The topological polar surface area (TPSA) is 105 Å². The molecule has 0 fully saturated rings. The molecule has 1 heterocycles. The number of hydrogen-bond donors (Lipinski definition) is 1. The minimum Gasteiger partial charge on any atom is -0.367 e. The molecule has 0 amide bonds. The monoisotopic (exact) mass is 477 g/mol. The van der Waals surface area contributed by atoms with Crippen molar-refractivity contribution in [1.29, 1.82) is 0 Å². The van der Waals surface area contributed by atoms with Crippen LogP contribution in [0.3, 0.4) is 0 Å². The van der Waals surface area contributed by atoms with Crippen LogP contribution in [0.15, 0.2) is 64.5 Å². The number of aromatic nitrogens is 2. The smallest absolute Gasteiger partial charge is 0.261 e. The van der Waals surface area contributed by atoms with E-state index in [2.05, 4.69) is 9.82 Å². The summed E-state index contributed by atoms with van der Waals surface area (Å²) in [5.41, 5.74) is 3.18. The minimum absolute atomic E-state index is 0.0214. The highest BCUT2D eigenvalue weighted by Gasteiger charge is 2.21. The fraction of sp³-hybridized carbons (Fsp3) is 0.286. The molecular weight excluding hydrogens is 450 g/mol. The van der Waals surface area contributed by atoms with E-state index in [0.29, 0.717) is 17.9 Å². The summed E-state index contributed by atoms with van der Waals surface area (Å²) in [6, 6.07) is 12.2. The SMILES string of the molecule is Cc1cnn(C)c1CN(C)c1ccccc1NS(=O)(=O)c1ccc(S(=O)(=O)N(C)C)cc1. The molecule has 172 valence electrons. The van der Waals surface area contributed by atoms with Gasteiger partial charge in [-0.3, -0.25) is 9.40 Å². The Hall–Kier alpha value is -2.89. The molecule has 1 N–H and O–H groups in total. The third-order valence-corrected chi connectivity index (χ3v) is 8.34. The lowest BCUT2D eigenvalue weighted by Gasteiger charge is -2.23. The predicted molar refractivity (Wildman–Crippen MR) is 125 cm³/mol. The third-order valence-electron chi connectivity index (χ3n) is 5.13. The van der Waals surface area contributed by atoms with Crippen LogP contribution in [0.4, 0.5) is 11.4 Å². The first-order valence-corrected chi connectivity index (χ1v) is 12.7. The number of nitrogens with zero attached hydrogens (tertiary/aromatic N) is 4. The fourth-order valence-corrected chi connectivity index (χ4v) is 5.18. The van der Waals surface area contributed by atoms with Crippen molar-refractivity contribution in [2.24, 2.45) is 7.05 Å². The average molecular weight is 478 g/mol. The highest BCUT2D eigenvalue weighted by Crippen LogP contribution is 2.29. The van der Waals surface area contributed by atoms with Crippen molar-refractivity contribution in [2.75, 3.05) is 30.8 Å². The highest BCUT2D eigenvalue weighted by molar-refractivity contribution is 7.92. The number of sulfonamides is 2. The van der Waals surface area contributed by atoms with Gasteiger partial charge in [-0.15, -0.1) is 0 Å². The van der Waals surface area contributed by atoms with E-state index in [1.165, 1.54) is 38.4 Å². The van der Waals surface area contributed by atoms with Gasteiger partial charge in [-0.25, -0.2) is 21.1 Å². The van der Waals surface area contributed by atoms with E-state index >= 15 is 0 Å². The summed E-state index contributed by atoms with van der Waals surface area (Å²) in [6.07, 6.45) is 1.79. The predicted octanol–water partition coefficient (Wildman–Crippen LogP) is 2.42. The summed E-state index contributed by atoms with van der Waals surface area (Å²) in [5, 5.41) is 4.25. The Balaban J connectivity index is 1.87. The van der Waals surface area contributed by atoms with Gasteiger partial charge in [0.1, 0.15) is 0 Å². The normalized spacial score (nSPS) is 12.2. The van der Waals surface area contributed by atoms with Crippen LogP contribution in [0, 0.1) is 6.92 Å². The lowest BCUT2D eigenvalue weighted by atomic mass is 10.2. The minimum atomic E-state index is -3.93. The van der Waals surface area contributed by atoms with Gasteiger partial charge in [0.15, 0.2) is 0 Å². The molecular formula is C21H27N5O4S2. The third kappa shape index (κ3) is 4.79. The Morgan fingerprint density at radius 2 is 1.53 bits per heavy atom. The Morgan fingerprint density at radius 3 is 2.09 bits per heavy atom. The molecule has 3 aromatic rings. The molecule has 1 aromatic heterocycles. The van der Waals surface area contributed by atoms with Gasteiger partial charge in [-0.2, -0.15) is 5.10 Å². The van der Waals surface area contributed by atoms with E-state index in [1.807, 2.05) is 38.1 Å². The Kier molecular flexibility index (Phi) is 6.63. The lowest BCUT2D eigenvalue weighted by Crippen LogP contribution is -2.23. The zero-order chi connectivity index (χ0) is 23.7. The zero-order valence-corrected chi connectivity index (χ0v) is 20.3. The van der Waals surface area contributed by atoms with Crippen molar-refractivity contribution in [3.8, 4) is 0 Å². The molecule has 0 aliphatic carbocycles. The maximum absolute atomic E-state index is 13.0. The van der Waals surface area contributed by atoms with Crippen molar-refractivity contribution < 1.29 is 16.8 Å². The second-order valence-electron chi connectivity index (χ2n) is 7.64. The number of para-hydroxylation sites is 2.